The van der Waals surface area contributed by atoms with Gasteiger partial charge in [-0.2, -0.15) is 0 Å². The van der Waals surface area contributed by atoms with Crippen LogP contribution in [0.2, 0.25) is 0 Å². The number of cyclic esters (lactones) is 2. The largest absolute Gasteiger partial charge is 0.464 e. The molecule has 5 heteroatoms. The molecule has 68 valence electrons. The van der Waals surface area contributed by atoms with Crippen LogP contribution in [-0.2, 0) is 23.8 Å². The van der Waals surface area contributed by atoms with Crippen molar-refractivity contribution in [3.05, 3.63) is 0 Å². The highest BCUT2D eigenvalue weighted by Gasteiger charge is 2.09. The lowest BCUT2D eigenvalue weighted by Crippen LogP contribution is -2.22. The van der Waals surface area contributed by atoms with Crippen LogP contribution < -0.4 is 0 Å². The molecule has 0 radical (unpaired) electrons. The Labute approximate surface area is 69.6 Å². The summed E-state index contributed by atoms with van der Waals surface area (Å²) in [7, 11) is 0. The summed E-state index contributed by atoms with van der Waals surface area (Å²) in [6.45, 7) is 0.176. The van der Waals surface area contributed by atoms with Crippen molar-refractivity contribution in [3.63, 3.8) is 0 Å². The van der Waals surface area contributed by atoms with Gasteiger partial charge in [-0.3, -0.25) is 0 Å². The molecule has 0 bridgehead atoms. The van der Waals surface area contributed by atoms with Crippen molar-refractivity contribution in [3.8, 4) is 0 Å². The number of carbonyl (C=O) groups is 2. The van der Waals surface area contributed by atoms with E-state index in [9.17, 15) is 9.59 Å². The Balaban J connectivity index is 2.31. The van der Waals surface area contributed by atoms with Crippen LogP contribution in [0.25, 0.3) is 0 Å². The number of carbonyl (C=O) groups excluding carboxylic acids is 2. The molecule has 1 fully saturated rings. The van der Waals surface area contributed by atoms with Crippen molar-refractivity contribution >= 4 is 11.9 Å². The average Bonchev–Trinajstić information content (AvgIpc) is 2.04. The van der Waals surface area contributed by atoms with Gasteiger partial charge in [0.15, 0.2) is 0 Å². The van der Waals surface area contributed by atoms with Crippen LogP contribution in [0.4, 0.5) is 0 Å². The van der Waals surface area contributed by atoms with Crippen molar-refractivity contribution in [2.75, 3.05) is 26.4 Å². The molecule has 0 unspecified atom stereocenters. The van der Waals surface area contributed by atoms with Gasteiger partial charge >= 0.3 is 11.9 Å². The predicted molar refractivity (Wildman–Crippen MR) is 37.4 cm³/mol. The topological polar surface area (TPSA) is 61.8 Å². The van der Waals surface area contributed by atoms with Gasteiger partial charge < -0.3 is 14.2 Å². The van der Waals surface area contributed by atoms with Crippen LogP contribution in [0, 0.1) is 0 Å². The molecule has 0 amide bonds. The molecule has 0 N–H and O–H groups in total. The van der Waals surface area contributed by atoms with E-state index in [-0.39, 0.29) is 26.4 Å². The highest BCUT2D eigenvalue weighted by atomic mass is 16.6. The summed E-state index contributed by atoms with van der Waals surface area (Å²) in [5.74, 6) is -0.880. The van der Waals surface area contributed by atoms with Gasteiger partial charge in [0.1, 0.15) is 13.2 Å². The van der Waals surface area contributed by atoms with Crippen LogP contribution in [0.3, 0.4) is 0 Å². The third-order valence-electron chi connectivity index (χ3n) is 1.25. The summed E-state index contributed by atoms with van der Waals surface area (Å²) >= 11 is 0. The molecule has 1 aliphatic heterocycles. The first-order valence-electron chi connectivity index (χ1n) is 3.68. The zero-order valence-corrected chi connectivity index (χ0v) is 6.58. The minimum Gasteiger partial charge on any atom is -0.464 e. The second-order valence-corrected chi connectivity index (χ2v) is 2.29. The van der Waals surface area contributed by atoms with E-state index in [1.807, 2.05) is 0 Å². The first-order chi connectivity index (χ1) is 5.79. The minimum absolute atomic E-state index is 0.185. The molecule has 0 saturated carbocycles. The summed E-state index contributed by atoms with van der Waals surface area (Å²) < 4.78 is 14.1. The molecule has 5 nitrogen and oxygen atoms in total. The van der Waals surface area contributed by atoms with Crippen molar-refractivity contribution < 1.29 is 23.8 Å². The van der Waals surface area contributed by atoms with Gasteiger partial charge in [-0.1, -0.05) is 0 Å². The molecule has 12 heavy (non-hydrogen) atoms. The first-order valence-corrected chi connectivity index (χ1v) is 3.68. The van der Waals surface area contributed by atoms with E-state index >= 15 is 0 Å². The van der Waals surface area contributed by atoms with Gasteiger partial charge in [0.25, 0.3) is 0 Å². The summed E-state index contributed by atoms with van der Waals surface area (Å²) in [6.07, 6.45) is 0.539. The van der Waals surface area contributed by atoms with Gasteiger partial charge in [0, 0.05) is 6.42 Å². The molecular weight excluding hydrogens is 164 g/mol. The fourth-order valence-electron chi connectivity index (χ4n) is 0.732. The third kappa shape index (κ3) is 3.34. The van der Waals surface area contributed by atoms with Crippen LogP contribution >= 0.6 is 0 Å². The monoisotopic (exact) mass is 174 g/mol. The molecule has 1 rings (SSSR count). The number of hydrogen-bond donors (Lipinski definition) is 0. The first kappa shape index (κ1) is 8.99. The molecule has 0 spiro atoms. The SMILES string of the molecule is O=C1COCC(=O)OCCCO1. The van der Waals surface area contributed by atoms with Crippen LogP contribution in [0.15, 0.2) is 0 Å². The maximum Gasteiger partial charge on any atom is 0.332 e. The lowest BCUT2D eigenvalue weighted by Gasteiger charge is -2.09. The molecule has 1 heterocycles. The van der Waals surface area contributed by atoms with Crippen molar-refractivity contribution in [2.45, 2.75) is 6.42 Å². The fraction of sp³-hybridized carbons (Fsp3) is 0.714. The Morgan fingerprint density at radius 1 is 0.917 bits per heavy atom. The van der Waals surface area contributed by atoms with Gasteiger partial charge in [-0.05, 0) is 0 Å². The van der Waals surface area contributed by atoms with Gasteiger partial charge in [-0.15, -0.1) is 0 Å². The second-order valence-electron chi connectivity index (χ2n) is 2.29. The Morgan fingerprint density at radius 3 is 1.92 bits per heavy atom. The maximum atomic E-state index is 10.7. The second kappa shape index (κ2) is 4.71. The predicted octanol–water partition coefficient (Wildman–Crippen LogP) is -0.507. The van der Waals surface area contributed by atoms with Gasteiger partial charge in [0.05, 0.1) is 13.2 Å². The molecule has 0 aromatic heterocycles. The van der Waals surface area contributed by atoms with E-state index in [0.717, 1.165) is 0 Å². The molecule has 0 aliphatic carbocycles. The van der Waals surface area contributed by atoms with E-state index < -0.39 is 11.9 Å². The van der Waals surface area contributed by atoms with E-state index in [4.69, 9.17) is 9.47 Å². The smallest absolute Gasteiger partial charge is 0.332 e. The van der Waals surface area contributed by atoms with E-state index in [0.29, 0.717) is 6.42 Å². The van der Waals surface area contributed by atoms with Crippen LogP contribution in [-0.4, -0.2) is 38.4 Å². The lowest BCUT2D eigenvalue weighted by molar-refractivity contribution is -0.159. The zero-order valence-electron chi connectivity index (χ0n) is 6.58. The van der Waals surface area contributed by atoms with Crippen molar-refractivity contribution in [1.82, 2.24) is 0 Å². The maximum absolute atomic E-state index is 10.7. The van der Waals surface area contributed by atoms with Crippen molar-refractivity contribution in [2.24, 2.45) is 0 Å². The minimum atomic E-state index is -0.440. The Hall–Kier alpha value is -1.10. The summed E-state index contributed by atoms with van der Waals surface area (Å²) in [6, 6.07) is 0. The number of esters is 2. The Morgan fingerprint density at radius 2 is 1.42 bits per heavy atom. The Kier molecular flexibility index (Phi) is 3.53. The zero-order chi connectivity index (χ0) is 8.81. The van der Waals surface area contributed by atoms with E-state index in [1.54, 1.807) is 0 Å². The number of rotatable bonds is 0. The molecule has 0 atom stereocenters. The molecule has 1 saturated heterocycles. The number of hydrogen-bond acceptors (Lipinski definition) is 5. The average molecular weight is 174 g/mol. The summed E-state index contributed by atoms with van der Waals surface area (Å²) in [4.78, 5) is 21.4. The van der Waals surface area contributed by atoms with Crippen LogP contribution in [0.5, 0.6) is 0 Å². The standard InChI is InChI=1S/C7H10O5/c8-6-4-10-5-7(9)12-3-1-2-11-6/h1-5H2. The quantitative estimate of drug-likeness (QED) is 0.463. The van der Waals surface area contributed by atoms with Crippen molar-refractivity contribution in [1.29, 1.82) is 0 Å². The number of ether oxygens (including phenoxy) is 3. The van der Waals surface area contributed by atoms with E-state index in [2.05, 4.69) is 4.74 Å². The fourth-order valence-corrected chi connectivity index (χ4v) is 0.732. The molecule has 1 aliphatic rings. The summed E-state index contributed by atoms with van der Waals surface area (Å²) in [5, 5.41) is 0. The van der Waals surface area contributed by atoms with E-state index in [1.165, 1.54) is 0 Å². The molecule has 0 aromatic rings. The van der Waals surface area contributed by atoms with Gasteiger partial charge in [0.2, 0.25) is 0 Å². The van der Waals surface area contributed by atoms with Crippen LogP contribution in [0.1, 0.15) is 6.42 Å². The highest BCUT2D eigenvalue weighted by Crippen LogP contribution is 1.92. The normalized spacial score (nSPS) is 21.0. The highest BCUT2D eigenvalue weighted by molar-refractivity contribution is 5.73. The lowest BCUT2D eigenvalue weighted by atomic mass is 10.5. The summed E-state index contributed by atoms with van der Waals surface area (Å²) in [5.41, 5.74) is 0. The molecular formula is C7H10O5. The molecule has 0 aromatic carbocycles. The Bertz CT molecular complexity index is 159. The third-order valence-corrected chi connectivity index (χ3v) is 1.25. The van der Waals surface area contributed by atoms with Gasteiger partial charge in [-0.25, -0.2) is 9.59 Å².